The first-order chi connectivity index (χ1) is 18.1. The van der Waals surface area contributed by atoms with Crippen LogP contribution < -0.4 is 15.4 Å². The summed E-state index contributed by atoms with van der Waals surface area (Å²) < 4.78 is 30.8. The average molecular weight is 510 g/mol. The van der Waals surface area contributed by atoms with Gasteiger partial charge in [0.15, 0.2) is 0 Å². The molecule has 1 aromatic heterocycles. The molecular weight excluding hydrogens is 477 g/mol. The van der Waals surface area contributed by atoms with Crippen molar-refractivity contribution in [2.75, 3.05) is 50.6 Å². The van der Waals surface area contributed by atoms with Crippen molar-refractivity contribution in [3.05, 3.63) is 53.8 Å². The first kappa shape index (κ1) is 25.2. The first-order valence-electron chi connectivity index (χ1n) is 12.7. The third kappa shape index (κ3) is 6.26. The minimum Gasteiger partial charge on any atom is -0.496 e. The van der Waals surface area contributed by atoms with Crippen molar-refractivity contribution in [3.8, 4) is 17.2 Å². The van der Waals surface area contributed by atoms with Gasteiger partial charge in [-0.2, -0.15) is 0 Å². The number of ether oxygens (including phenoxy) is 2. The quantitative estimate of drug-likeness (QED) is 0.460. The number of carbonyl (C=O) groups excluding carboxylic acids is 1. The molecule has 1 aliphatic heterocycles. The number of anilines is 2. The van der Waals surface area contributed by atoms with Crippen LogP contribution in [0.1, 0.15) is 36.0 Å². The Balaban J connectivity index is 1.18. The SMILES string of the molecule is COc1cc(NC(=O)c2ccccc2F)ccc1-c1nnc(NC2CCC(CN3CCOCC3)CC2)o1. The van der Waals surface area contributed by atoms with Crippen LogP contribution in [0.15, 0.2) is 46.9 Å². The highest BCUT2D eigenvalue weighted by Gasteiger charge is 2.25. The Kier molecular flexibility index (Phi) is 7.96. The minimum atomic E-state index is -0.583. The lowest BCUT2D eigenvalue weighted by atomic mass is 9.85. The van der Waals surface area contributed by atoms with Crippen LogP contribution in [-0.2, 0) is 4.74 Å². The first-order valence-corrected chi connectivity index (χ1v) is 12.7. The van der Waals surface area contributed by atoms with E-state index in [9.17, 15) is 9.18 Å². The van der Waals surface area contributed by atoms with Gasteiger partial charge >= 0.3 is 6.01 Å². The summed E-state index contributed by atoms with van der Waals surface area (Å²) in [4.78, 5) is 15.0. The molecule has 0 radical (unpaired) electrons. The zero-order valence-electron chi connectivity index (χ0n) is 20.9. The molecule has 196 valence electrons. The summed E-state index contributed by atoms with van der Waals surface area (Å²) in [6, 6.07) is 11.6. The van der Waals surface area contributed by atoms with Crippen molar-refractivity contribution < 1.29 is 23.1 Å². The van der Waals surface area contributed by atoms with Gasteiger partial charge in [0.25, 0.3) is 11.8 Å². The van der Waals surface area contributed by atoms with Crippen molar-refractivity contribution in [3.63, 3.8) is 0 Å². The number of hydrogen-bond acceptors (Lipinski definition) is 8. The summed E-state index contributed by atoms with van der Waals surface area (Å²) in [5.41, 5.74) is 1.02. The van der Waals surface area contributed by atoms with Gasteiger partial charge in [-0.25, -0.2) is 4.39 Å². The molecule has 2 N–H and O–H groups in total. The van der Waals surface area contributed by atoms with Crippen LogP contribution in [0.25, 0.3) is 11.5 Å². The fraction of sp³-hybridized carbons (Fsp3) is 0.444. The topological polar surface area (TPSA) is 102 Å². The largest absolute Gasteiger partial charge is 0.496 e. The van der Waals surface area contributed by atoms with Crippen LogP contribution in [0.5, 0.6) is 5.75 Å². The van der Waals surface area contributed by atoms with E-state index in [0.29, 0.717) is 34.9 Å². The molecule has 0 unspecified atom stereocenters. The molecule has 2 aromatic carbocycles. The summed E-state index contributed by atoms with van der Waals surface area (Å²) in [5, 5.41) is 14.4. The van der Waals surface area contributed by atoms with E-state index in [2.05, 4.69) is 25.7 Å². The fourth-order valence-electron chi connectivity index (χ4n) is 4.99. The highest BCUT2D eigenvalue weighted by Crippen LogP contribution is 2.33. The zero-order valence-corrected chi connectivity index (χ0v) is 20.9. The van der Waals surface area contributed by atoms with E-state index in [1.165, 1.54) is 38.2 Å². The number of amides is 1. The predicted molar refractivity (Wildman–Crippen MR) is 137 cm³/mol. The molecule has 5 rings (SSSR count). The fourth-order valence-corrected chi connectivity index (χ4v) is 4.99. The standard InChI is InChI=1S/C27H32FN5O4/c1-35-24-16-20(29-25(34)21-4-2-3-5-23(21)28)10-11-22(24)26-31-32-27(37-26)30-19-8-6-18(7-9-19)17-33-12-14-36-15-13-33/h2-5,10-11,16,18-19H,6-9,12-15,17H2,1H3,(H,29,34)(H,30,32). The van der Waals surface area contributed by atoms with Crippen LogP contribution in [0.4, 0.5) is 16.1 Å². The van der Waals surface area contributed by atoms with Gasteiger partial charge in [0.05, 0.1) is 31.5 Å². The molecular formula is C27H32FN5O4. The average Bonchev–Trinajstić information content (AvgIpc) is 3.38. The summed E-state index contributed by atoms with van der Waals surface area (Å²) >= 11 is 0. The summed E-state index contributed by atoms with van der Waals surface area (Å²) in [5.74, 6) is 0.352. The van der Waals surface area contributed by atoms with E-state index < -0.39 is 11.7 Å². The lowest BCUT2D eigenvalue weighted by Gasteiger charge is -2.34. The van der Waals surface area contributed by atoms with Crippen molar-refractivity contribution in [2.24, 2.45) is 5.92 Å². The van der Waals surface area contributed by atoms with E-state index in [4.69, 9.17) is 13.9 Å². The maximum Gasteiger partial charge on any atom is 0.315 e. The number of carbonyl (C=O) groups is 1. The van der Waals surface area contributed by atoms with Crippen LogP contribution in [0.3, 0.4) is 0 Å². The monoisotopic (exact) mass is 509 g/mol. The van der Waals surface area contributed by atoms with E-state index in [-0.39, 0.29) is 5.56 Å². The Morgan fingerprint density at radius 1 is 1.11 bits per heavy atom. The number of morpholine rings is 1. The van der Waals surface area contributed by atoms with Gasteiger partial charge < -0.3 is 24.5 Å². The molecule has 0 atom stereocenters. The molecule has 1 saturated carbocycles. The van der Waals surface area contributed by atoms with Gasteiger partial charge in [-0.3, -0.25) is 9.69 Å². The van der Waals surface area contributed by atoms with E-state index in [0.717, 1.165) is 51.6 Å². The van der Waals surface area contributed by atoms with Gasteiger partial charge in [-0.1, -0.05) is 17.2 Å². The number of aromatic nitrogens is 2. The van der Waals surface area contributed by atoms with Crippen LogP contribution >= 0.6 is 0 Å². The Bertz CT molecular complexity index is 1210. The second kappa shape index (κ2) is 11.7. The lowest BCUT2D eigenvalue weighted by molar-refractivity contribution is 0.0276. The van der Waals surface area contributed by atoms with Crippen molar-refractivity contribution in [1.82, 2.24) is 15.1 Å². The summed E-state index contributed by atoms with van der Waals surface area (Å²) in [7, 11) is 1.52. The van der Waals surface area contributed by atoms with E-state index in [1.807, 2.05) is 0 Å². The van der Waals surface area contributed by atoms with E-state index in [1.54, 1.807) is 24.3 Å². The Hall–Kier alpha value is -3.50. The summed E-state index contributed by atoms with van der Waals surface area (Å²) in [6.07, 6.45) is 4.46. The predicted octanol–water partition coefficient (Wildman–Crippen LogP) is 4.44. The summed E-state index contributed by atoms with van der Waals surface area (Å²) in [6.45, 7) is 4.90. The molecule has 9 nitrogen and oxygen atoms in total. The Morgan fingerprint density at radius 2 is 1.89 bits per heavy atom. The number of nitrogens with one attached hydrogen (secondary N) is 2. The molecule has 0 spiro atoms. The third-order valence-electron chi connectivity index (χ3n) is 7.03. The number of nitrogens with zero attached hydrogens (tertiary/aromatic N) is 3. The van der Waals surface area contributed by atoms with Gasteiger partial charge in [0.2, 0.25) is 0 Å². The molecule has 10 heteroatoms. The van der Waals surface area contributed by atoms with Crippen molar-refractivity contribution >= 4 is 17.6 Å². The number of hydrogen-bond donors (Lipinski definition) is 2. The minimum absolute atomic E-state index is 0.0340. The van der Waals surface area contributed by atoms with E-state index >= 15 is 0 Å². The smallest absolute Gasteiger partial charge is 0.315 e. The number of methoxy groups -OCH3 is 1. The lowest BCUT2D eigenvalue weighted by Crippen LogP contribution is -2.40. The molecule has 1 aliphatic carbocycles. The third-order valence-corrected chi connectivity index (χ3v) is 7.03. The van der Waals surface area contributed by atoms with Gasteiger partial charge in [0.1, 0.15) is 11.6 Å². The normalized spacial score (nSPS) is 20.4. The molecule has 37 heavy (non-hydrogen) atoms. The number of halogens is 1. The van der Waals surface area contributed by atoms with Gasteiger partial charge in [0, 0.05) is 37.4 Å². The second-order valence-electron chi connectivity index (χ2n) is 9.54. The maximum atomic E-state index is 13.9. The molecule has 3 aromatic rings. The number of rotatable bonds is 8. The van der Waals surface area contributed by atoms with Crippen LogP contribution in [0, 0.1) is 11.7 Å². The van der Waals surface area contributed by atoms with Crippen molar-refractivity contribution in [1.29, 1.82) is 0 Å². The Labute approximate surface area is 215 Å². The highest BCUT2D eigenvalue weighted by molar-refractivity contribution is 6.04. The highest BCUT2D eigenvalue weighted by atomic mass is 19.1. The second-order valence-corrected chi connectivity index (χ2v) is 9.54. The van der Waals surface area contributed by atoms with Gasteiger partial charge in [-0.05, 0) is 55.9 Å². The van der Waals surface area contributed by atoms with Crippen LogP contribution in [0.2, 0.25) is 0 Å². The molecule has 2 fully saturated rings. The molecule has 2 aliphatic rings. The number of benzene rings is 2. The molecule has 1 amide bonds. The van der Waals surface area contributed by atoms with Crippen molar-refractivity contribution in [2.45, 2.75) is 31.7 Å². The zero-order chi connectivity index (χ0) is 25.6. The Morgan fingerprint density at radius 3 is 2.65 bits per heavy atom. The van der Waals surface area contributed by atoms with Gasteiger partial charge in [-0.15, -0.1) is 5.10 Å². The van der Waals surface area contributed by atoms with Crippen LogP contribution in [-0.4, -0.2) is 67.0 Å². The molecule has 0 bridgehead atoms. The maximum absolute atomic E-state index is 13.9. The molecule has 1 saturated heterocycles. The molecule has 2 heterocycles.